The van der Waals surface area contributed by atoms with Gasteiger partial charge in [-0.2, -0.15) is 0 Å². The minimum absolute atomic E-state index is 0.0167. The van der Waals surface area contributed by atoms with Crippen molar-refractivity contribution in [3.63, 3.8) is 0 Å². The molecule has 3 heterocycles. The van der Waals surface area contributed by atoms with Crippen molar-refractivity contribution in [3.05, 3.63) is 69.7 Å². The Morgan fingerprint density at radius 3 is 2.72 bits per heavy atom. The normalized spacial score (nSPS) is 17.9. The van der Waals surface area contributed by atoms with E-state index in [2.05, 4.69) is 15.6 Å². The molecule has 4 amide bonds. The zero-order valence-corrected chi connectivity index (χ0v) is 25.2. The van der Waals surface area contributed by atoms with Gasteiger partial charge in [0.1, 0.15) is 29.0 Å². The van der Waals surface area contributed by atoms with Gasteiger partial charge in [-0.3, -0.25) is 19.2 Å². The number of benzene rings is 2. The van der Waals surface area contributed by atoms with Crippen LogP contribution in [0.15, 0.2) is 47.8 Å². The first-order valence-corrected chi connectivity index (χ1v) is 15.2. The number of aryl methyl sites for hydroxylation is 1. The van der Waals surface area contributed by atoms with Crippen LogP contribution < -0.4 is 20.1 Å². The number of ether oxygens (including phenoxy) is 2. The van der Waals surface area contributed by atoms with Gasteiger partial charge in [0.15, 0.2) is 0 Å². The van der Waals surface area contributed by atoms with E-state index in [1.807, 2.05) is 45.0 Å². The minimum Gasteiger partial charge on any atom is -0.493 e. The lowest BCUT2D eigenvalue weighted by Gasteiger charge is -2.40. The number of carbonyl (C=O) groups is 4. The van der Waals surface area contributed by atoms with Gasteiger partial charge in [0, 0.05) is 36.6 Å². The second-order valence-corrected chi connectivity index (χ2v) is 12.0. The number of rotatable bonds is 4. The highest BCUT2D eigenvalue weighted by atomic mass is 32.1. The van der Waals surface area contributed by atoms with Crippen molar-refractivity contribution >= 4 is 35.0 Å². The third-order valence-electron chi connectivity index (χ3n) is 7.10. The Bertz CT molecular complexity index is 1520. The van der Waals surface area contributed by atoms with E-state index in [0.717, 1.165) is 10.6 Å². The van der Waals surface area contributed by atoms with Crippen molar-refractivity contribution in [3.8, 4) is 17.2 Å². The highest BCUT2D eigenvalue weighted by Crippen LogP contribution is 2.29. The number of fused-ring (bicyclic) bond motifs is 5. The van der Waals surface area contributed by atoms with Crippen LogP contribution in [0.1, 0.15) is 45.3 Å². The van der Waals surface area contributed by atoms with Crippen LogP contribution in [0, 0.1) is 12.8 Å². The summed E-state index contributed by atoms with van der Waals surface area (Å²) in [6.07, 6.45) is 0.521. The fourth-order valence-electron chi connectivity index (χ4n) is 4.93. The third kappa shape index (κ3) is 7.50. The molecule has 2 aliphatic heterocycles. The summed E-state index contributed by atoms with van der Waals surface area (Å²) in [5.41, 5.74) is 1.52. The topological polar surface area (TPSA) is 130 Å². The van der Waals surface area contributed by atoms with Crippen molar-refractivity contribution in [1.82, 2.24) is 25.4 Å². The van der Waals surface area contributed by atoms with Crippen LogP contribution in [0.3, 0.4) is 0 Å². The number of amides is 4. The van der Waals surface area contributed by atoms with Crippen molar-refractivity contribution in [2.75, 3.05) is 39.3 Å². The second-order valence-electron chi connectivity index (χ2n) is 11.0. The lowest BCUT2D eigenvalue weighted by Crippen LogP contribution is -2.62. The summed E-state index contributed by atoms with van der Waals surface area (Å²) in [4.78, 5) is 60.5. The molecule has 0 radical (unpaired) electrons. The number of hydrogen-bond acceptors (Lipinski definition) is 8. The summed E-state index contributed by atoms with van der Waals surface area (Å²) in [6, 6.07) is 11.5. The number of piperazine rings is 1. The largest absolute Gasteiger partial charge is 0.493 e. The van der Waals surface area contributed by atoms with Gasteiger partial charge >= 0.3 is 0 Å². The van der Waals surface area contributed by atoms with E-state index in [0.29, 0.717) is 42.5 Å². The maximum Gasteiger partial charge on any atom is 0.273 e. The van der Waals surface area contributed by atoms with Crippen LogP contribution in [-0.4, -0.2) is 83.8 Å². The summed E-state index contributed by atoms with van der Waals surface area (Å²) in [7, 11) is 0. The van der Waals surface area contributed by atoms with Gasteiger partial charge < -0.3 is 29.9 Å². The number of thiazole rings is 1. The van der Waals surface area contributed by atoms with Crippen LogP contribution in [0.25, 0.3) is 0 Å². The van der Waals surface area contributed by atoms with E-state index in [-0.39, 0.29) is 49.5 Å². The average molecular weight is 606 g/mol. The molecule has 43 heavy (non-hydrogen) atoms. The van der Waals surface area contributed by atoms with Crippen LogP contribution in [-0.2, 0) is 16.0 Å². The van der Waals surface area contributed by atoms with E-state index < -0.39 is 17.9 Å². The third-order valence-corrected chi connectivity index (χ3v) is 7.88. The van der Waals surface area contributed by atoms with Gasteiger partial charge in [0.05, 0.1) is 24.7 Å². The Labute approximate surface area is 254 Å². The first-order valence-electron chi connectivity index (χ1n) is 14.3. The van der Waals surface area contributed by atoms with Gasteiger partial charge in [-0.1, -0.05) is 26.0 Å². The van der Waals surface area contributed by atoms with E-state index >= 15 is 0 Å². The first-order chi connectivity index (χ1) is 20.7. The molecule has 0 saturated carbocycles. The maximum absolute atomic E-state index is 13.4. The zero-order valence-electron chi connectivity index (χ0n) is 24.4. The Morgan fingerprint density at radius 2 is 1.95 bits per heavy atom. The number of hydrogen-bond donors (Lipinski definition) is 2. The molecule has 0 unspecified atom stereocenters. The monoisotopic (exact) mass is 605 g/mol. The molecule has 0 spiro atoms. The van der Waals surface area contributed by atoms with Crippen LogP contribution in [0.4, 0.5) is 0 Å². The molecule has 2 aromatic carbocycles. The van der Waals surface area contributed by atoms with Gasteiger partial charge in [0.25, 0.3) is 11.8 Å². The molecule has 12 heteroatoms. The van der Waals surface area contributed by atoms with Gasteiger partial charge in [-0.05, 0) is 49.1 Å². The highest BCUT2D eigenvalue weighted by molar-refractivity contribution is 7.09. The number of carbonyl (C=O) groups excluding carboxylic acids is 4. The average Bonchev–Trinajstić information content (AvgIpc) is 3.43. The molecule has 2 aliphatic rings. The molecule has 5 rings (SSSR count). The van der Waals surface area contributed by atoms with Crippen molar-refractivity contribution in [2.24, 2.45) is 5.92 Å². The second kappa shape index (κ2) is 13.2. The quantitative estimate of drug-likeness (QED) is 0.468. The van der Waals surface area contributed by atoms with Crippen LogP contribution in [0.2, 0.25) is 0 Å². The molecule has 3 aromatic rings. The Hall–Kier alpha value is -4.45. The number of aromatic nitrogens is 1. The fourth-order valence-corrected chi connectivity index (χ4v) is 5.52. The lowest BCUT2D eigenvalue weighted by atomic mass is 10.1. The molecule has 1 fully saturated rings. The molecular formula is C31H35N5O6S. The Morgan fingerprint density at radius 1 is 1.12 bits per heavy atom. The molecule has 11 nitrogen and oxygen atoms in total. The highest BCUT2D eigenvalue weighted by Gasteiger charge is 2.37. The summed E-state index contributed by atoms with van der Waals surface area (Å²) in [5.74, 6) is 0.169. The first kappa shape index (κ1) is 30.0. The maximum atomic E-state index is 13.4. The predicted molar refractivity (Wildman–Crippen MR) is 161 cm³/mol. The molecule has 1 aromatic heterocycles. The molecule has 1 atom stereocenters. The van der Waals surface area contributed by atoms with Gasteiger partial charge in [-0.15, -0.1) is 11.3 Å². The molecule has 1 saturated heterocycles. The number of nitrogens with zero attached hydrogens (tertiary/aromatic N) is 3. The van der Waals surface area contributed by atoms with E-state index in [1.165, 1.54) is 16.2 Å². The van der Waals surface area contributed by atoms with Gasteiger partial charge in [0.2, 0.25) is 11.8 Å². The molecule has 226 valence electrons. The molecular weight excluding hydrogens is 570 g/mol. The van der Waals surface area contributed by atoms with E-state index in [4.69, 9.17) is 9.47 Å². The van der Waals surface area contributed by atoms with Crippen molar-refractivity contribution in [1.29, 1.82) is 0 Å². The molecule has 0 aliphatic carbocycles. The molecule has 4 bridgehead atoms. The summed E-state index contributed by atoms with van der Waals surface area (Å²) < 4.78 is 12.0. The number of nitrogens with one attached hydrogen (secondary N) is 2. The predicted octanol–water partition coefficient (Wildman–Crippen LogP) is 3.03. The SMILES string of the molecule is Cc1nc(C(=O)N2CCN3C(=O)CNC(=O)c4cc(OCC(C)C)cc(c4)Oc4cccc(c4)CCNC(=O)[C@H]3C2)cs1. The minimum atomic E-state index is -0.924. The Balaban J connectivity index is 1.41. The van der Waals surface area contributed by atoms with Gasteiger partial charge in [-0.25, -0.2) is 4.98 Å². The summed E-state index contributed by atoms with van der Waals surface area (Å²) in [6.45, 7) is 6.72. The summed E-state index contributed by atoms with van der Waals surface area (Å²) >= 11 is 1.38. The van der Waals surface area contributed by atoms with Crippen molar-refractivity contribution in [2.45, 2.75) is 33.2 Å². The van der Waals surface area contributed by atoms with Crippen molar-refractivity contribution < 1.29 is 28.7 Å². The standard InChI is InChI=1S/C31H35N5O6S/c1-19(2)17-41-24-12-22-13-25(14-24)42-23-6-4-5-21(11-23)7-8-32-30(39)27-16-35(31(40)26-18-43-20(3)34-26)9-10-36(27)28(37)15-33-29(22)38/h4-6,11-14,18-19,27H,7-10,15-17H2,1-3H3,(H,32,39)(H,33,38)/t27-/m1/s1. The lowest BCUT2D eigenvalue weighted by molar-refractivity contribution is -0.142. The van der Waals surface area contributed by atoms with Crippen LogP contribution in [0.5, 0.6) is 17.2 Å². The van der Waals surface area contributed by atoms with E-state index in [1.54, 1.807) is 28.5 Å². The molecule has 2 N–H and O–H groups in total. The Kier molecular flexibility index (Phi) is 9.24. The summed E-state index contributed by atoms with van der Waals surface area (Å²) in [5, 5.41) is 8.07. The van der Waals surface area contributed by atoms with E-state index in [9.17, 15) is 19.2 Å². The fraction of sp³-hybridized carbons (Fsp3) is 0.387. The smallest absolute Gasteiger partial charge is 0.273 e. The zero-order chi connectivity index (χ0) is 30.5. The van der Waals surface area contributed by atoms with Crippen LogP contribution >= 0.6 is 11.3 Å².